The summed E-state index contributed by atoms with van der Waals surface area (Å²) in [7, 11) is 1.61. The zero-order valence-corrected chi connectivity index (χ0v) is 7.90. The van der Waals surface area contributed by atoms with Gasteiger partial charge in [-0.25, -0.2) is 4.98 Å². The van der Waals surface area contributed by atoms with Crippen LogP contribution in [-0.4, -0.2) is 29.1 Å². The van der Waals surface area contributed by atoms with Gasteiger partial charge < -0.3 is 16.2 Å². The van der Waals surface area contributed by atoms with Gasteiger partial charge in [-0.2, -0.15) is 0 Å². The Morgan fingerprint density at radius 1 is 1.71 bits per heavy atom. The lowest BCUT2D eigenvalue weighted by atomic mass is 10.1. The van der Waals surface area contributed by atoms with E-state index in [4.69, 9.17) is 10.8 Å². The molecule has 1 aromatic rings. The second-order valence-corrected chi connectivity index (χ2v) is 2.97. The fourth-order valence-electron chi connectivity index (χ4n) is 1.11. The molecule has 1 heterocycles. The van der Waals surface area contributed by atoms with E-state index in [1.54, 1.807) is 25.4 Å². The molecule has 0 saturated heterocycles. The van der Waals surface area contributed by atoms with Crippen molar-refractivity contribution in [2.24, 2.45) is 0 Å². The number of aliphatic carboxylic acids is 1. The Kier molecular flexibility index (Phi) is 3.41. The van der Waals surface area contributed by atoms with Crippen LogP contribution in [0.5, 0.6) is 0 Å². The Hall–Kier alpha value is -1.62. The van der Waals surface area contributed by atoms with Crippen LogP contribution in [0.3, 0.4) is 0 Å². The summed E-state index contributed by atoms with van der Waals surface area (Å²) in [5, 5.41) is 11.5. The highest BCUT2D eigenvalue weighted by Gasteiger charge is 2.14. The van der Waals surface area contributed by atoms with Crippen LogP contribution in [0, 0.1) is 0 Å². The summed E-state index contributed by atoms with van der Waals surface area (Å²) in [5.74, 6) is -0.436. The van der Waals surface area contributed by atoms with E-state index in [0.29, 0.717) is 12.2 Å². The van der Waals surface area contributed by atoms with Crippen LogP contribution in [0.1, 0.15) is 5.56 Å². The minimum atomic E-state index is -0.871. The van der Waals surface area contributed by atoms with Crippen molar-refractivity contribution in [3.8, 4) is 0 Å². The van der Waals surface area contributed by atoms with Crippen molar-refractivity contribution in [3.63, 3.8) is 0 Å². The second kappa shape index (κ2) is 4.57. The van der Waals surface area contributed by atoms with E-state index < -0.39 is 12.0 Å². The van der Waals surface area contributed by atoms with Crippen LogP contribution < -0.4 is 11.1 Å². The highest BCUT2D eigenvalue weighted by Crippen LogP contribution is 2.04. The van der Waals surface area contributed by atoms with Crippen molar-refractivity contribution in [2.45, 2.75) is 12.5 Å². The predicted octanol–water partition coefficient (Wildman–Crippen LogP) is -0.121. The zero-order valence-electron chi connectivity index (χ0n) is 7.90. The van der Waals surface area contributed by atoms with Crippen LogP contribution in [0.4, 0.5) is 5.82 Å². The molecule has 0 aliphatic rings. The normalized spacial score (nSPS) is 12.4. The first-order valence-electron chi connectivity index (χ1n) is 4.24. The number of nitrogens with two attached hydrogens (primary N) is 1. The number of likely N-dealkylation sites (N-methyl/N-ethyl adjacent to an activating group) is 1. The summed E-state index contributed by atoms with van der Waals surface area (Å²) in [5.41, 5.74) is 6.25. The number of pyridine rings is 1. The molecule has 1 atom stereocenters. The maximum absolute atomic E-state index is 10.7. The van der Waals surface area contributed by atoms with Crippen molar-refractivity contribution in [2.75, 3.05) is 12.8 Å². The van der Waals surface area contributed by atoms with E-state index in [9.17, 15) is 4.79 Å². The van der Waals surface area contributed by atoms with Crippen molar-refractivity contribution >= 4 is 11.8 Å². The van der Waals surface area contributed by atoms with Crippen molar-refractivity contribution < 1.29 is 9.90 Å². The van der Waals surface area contributed by atoms with Gasteiger partial charge in [-0.15, -0.1) is 0 Å². The summed E-state index contributed by atoms with van der Waals surface area (Å²) in [6, 6.07) is 2.85. The van der Waals surface area contributed by atoms with E-state index in [1.165, 1.54) is 0 Å². The molecule has 76 valence electrons. The minimum Gasteiger partial charge on any atom is -0.480 e. The van der Waals surface area contributed by atoms with Gasteiger partial charge in [0.05, 0.1) is 0 Å². The van der Waals surface area contributed by atoms with Gasteiger partial charge in [0.1, 0.15) is 11.9 Å². The van der Waals surface area contributed by atoms with E-state index in [2.05, 4.69) is 10.3 Å². The average molecular weight is 195 g/mol. The number of hydrogen-bond acceptors (Lipinski definition) is 4. The molecule has 4 N–H and O–H groups in total. The molecule has 5 heteroatoms. The number of hydrogen-bond donors (Lipinski definition) is 3. The van der Waals surface area contributed by atoms with Crippen LogP contribution in [0.25, 0.3) is 0 Å². The van der Waals surface area contributed by atoms with Gasteiger partial charge in [0.15, 0.2) is 0 Å². The van der Waals surface area contributed by atoms with Gasteiger partial charge in [0.2, 0.25) is 0 Å². The number of nitrogens with one attached hydrogen (secondary N) is 1. The molecule has 1 aromatic heterocycles. The topological polar surface area (TPSA) is 88.2 Å². The number of nitrogen functional groups attached to an aromatic ring is 1. The number of aromatic nitrogens is 1. The zero-order chi connectivity index (χ0) is 10.6. The lowest BCUT2D eigenvalue weighted by Gasteiger charge is -2.10. The first-order valence-corrected chi connectivity index (χ1v) is 4.24. The van der Waals surface area contributed by atoms with Crippen molar-refractivity contribution in [1.29, 1.82) is 0 Å². The molecule has 0 aromatic carbocycles. The molecule has 14 heavy (non-hydrogen) atoms. The number of nitrogens with zero attached hydrogens (tertiary/aromatic N) is 1. The predicted molar refractivity (Wildman–Crippen MR) is 52.8 cm³/mol. The van der Waals surface area contributed by atoms with Crippen LogP contribution >= 0.6 is 0 Å². The van der Waals surface area contributed by atoms with E-state index >= 15 is 0 Å². The van der Waals surface area contributed by atoms with Crippen LogP contribution in [-0.2, 0) is 11.2 Å². The molecule has 0 fully saturated rings. The second-order valence-electron chi connectivity index (χ2n) is 2.97. The number of carbonyl (C=O) groups is 1. The Morgan fingerprint density at radius 3 is 2.86 bits per heavy atom. The van der Waals surface area contributed by atoms with E-state index in [1.807, 2.05) is 0 Å². The summed E-state index contributed by atoms with van der Waals surface area (Å²) in [4.78, 5) is 14.6. The molecule has 0 aliphatic carbocycles. The lowest BCUT2D eigenvalue weighted by Crippen LogP contribution is -2.35. The Morgan fingerprint density at radius 2 is 2.43 bits per heavy atom. The molecule has 0 spiro atoms. The molecule has 1 rings (SSSR count). The van der Waals surface area contributed by atoms with Crippen molar-refractivity contribution in [3.05, 3.63) is 23.9 Å². The van der Waals surface area contributed by atoms with E-state index in [0.717, 1.165) is 5.56 Å². The SMILES string of the molecule is CN[C@@H](Cc1ccc(N)nc1)C(=O)O. The number of anilines is 1. The highest BCUT2D eigenvalue weighted by atomic mass is 16.4. The number of carboxylic acids is 1. The monoisotopic (exact) mass is 195 g/mol. The first-order chi connectivity index (χ1) is 6.63. The third-order valence-electron chi connectivity index (χ3n) is 1.93. The van der Waals surface area contributed by atoms with Gasteiger partial charge in [0.25, 0.3) is 0 Å². The van der Waals surface area contributed by atoms with Crippen molar-refractivity contribution in [1.82, 2.24) is 10.3 Å². The standard InChI is InChI=1S/C9H13N3O2/c1-11-7(9(13)14)4-6-2-3-8(10)12-5-6/h2-3,5,7,11H,4H2,1H3,(H2,10,12)(H,13,14)/t7-/m0/s1. The lowest BCUT2D eigenvalue weighted by molar-refractivity contribution is -0.139. The third kappa shape index (κ3) is 2.70. The summed E-state index contributed by atoms with van der Waals surface area (Å²) >= 11 is 0. The minimum absolute atomic E-state index is 0.402. The highest BCUT2D eigenvalue weighted by molar-refractivity contribution is 5.73. The third-order valence-corrected chi connectivity index (χ3v) is 1.93. The van der Waals surface area contributed by atoms with Gasteiger partial charge in [-0.3, -0.25) is 4.79 Å². The van der Waals surface area contributed by atoms with Gasteiger partial charge in [-0.1, -0.05) is 6.07 Å². The van der Waals surface area contributed by atoms with Gasteiger partial charge in [0, 0.05) is 6.20 Å². The largest absolute Gasteiger partial charge is 0.480 e. The van der Waals surface area contributed by atoms with Crippen LogP contribution in [0.15, 0.2) is 18.3 Å². The fraction of sp³-hybridized carbons (Fsp3) is 0.333. The molecule has 0 bridgehead atoms. The summed E-state index contributed by atoms with van der Waals surface area (Å²) < 4.78 is 0. The molecule has 0 unspecified atom stereocenters. The van der Waals surface area contributed by atoms with Crippen LogP contribution in [0.2, 0.25) is 0 Å². The molecular weight excluding hydrogens is 182 g/mol. The van der Waals surface area contributed by atoms with E-state index in [-0.39, 0.29) is 0 Å². The fourth-order valence-corrected chi connectivity index (χ4v) is 1.11. The first kappa shape index (κ1) is 10.5. The average Bonchev–Trinajstić information content (AvgIpc) is 2.16. The maximum Gasteiger partial charge on any atom is 0.321 e. The van der Waals surface area contributed by atoms with Gasteiger partial charge >= 0.3 is 5.97 Å². The molecule has 5 nitrogen and oxygen atoms in total. The number of carboxylic acid groups (broad SMARTS) is 1. The molecule has 0 aliphatic heterocycles. The molecule has 0 saturated carbocycles. The smallest absolute Gasteiger partial charge is 0.321 e. The summed E-state index contributed by atoms with van der Waals surface area (Å²) in [6.45, 7) is 0. The Balaban J connectivity index is 2.67. The maximum atomic E-state index is 10.7. The molecule has 0 amide bonds. The Labute approximate surface area is 82.0 Å². The Bertz CT molecular complexity index is 310. The molecular formula is C9H13N3O2. The number of rotatable bonds is 4. The summed E-state index contributed by atoms with van der Waals surface area (Å²) in [6.07, 6.45) is 1.99. The quantitative estimate of drug-likeness (QED) is 0.623. The van der Waals surface area contributed by atoms with Gasteiger partial charge in [-0.05, 0) is 25.1 Å². The molecule has 0 radical (unpaired) electrons.